The first-order valence-corrected chi connectivity index (χ1v) is 16.7. The summed E-state index contributed by atoms with van der Waals surface area (Å²) >= 11 is 0. The van der Waals surface area contributed by atoms with Gasteiger partial charge in [0, 0.05) is 40.9 Å². The van der Waals surface area contributed by atoms with Crippen LogP contribution in [0.1, 0.15) is 0 Å². The van der Waals surface area contributed by atoms with Crippen LogP contribution in [0, 0.1) is 0 Å². The van der Waals surface area contributed by atoms with Gasteiger partial charge < -0.3 is 9.80 Å². The highest BCUT2D eigenvalue weighted by atomic mass is 15.1. The summed E-state index contributed by atoms with van der Waals surface area (Å²) in [7, 11) is 2.14. The summed E-state index contributed by atoms with van der Waals surface area (Å²) < 4.78 is 0. The molecular formula is C47H36N2. The second-order valence-electron chi connectivity index (χ2n) is 12.3. The molecule has 0 saturated carbocycles. The Kier molecular flexibility index (Phi) is 8.19. The third-order valence-electron chi connectivity index (χ3n) is 9.31. The molecule has 0 radical (unpaired) electrons. The maximum Gasteiger partial charge on any atom is 0.0487 e. The first kappa shape index (κ1) is 30.0. The molecule has 0 fully saturated rings. The van der Waals surface area contributed by atoms with Crippen LogP contribution in [-0.4, -0.2) is 7.05 Å². The average molecular weight is 629 g/mol. The van der Waals surface area contributed by atoms with Crippen LogP contribution in [0.5, 0.6) is 0 Å². The minimum atomic E-state index is 1.11. The lowest BCUT2D eigenvalue weighted by Gasteiger charge is -2.26. The van der Waals surface area contributed by atoms with E-state index in [-0.39, 0.29) is 0 Å². The summed E-state index contributed by atoms with van der Waals surface area (Å²) in [4.78, 5) is 4.59. The fourth-order valence-corrected chi connectivity index (χ4v) is 6.63. The van der Waals surface area contributed by atoms with Gasteiger partial charge in [-0.1, -0.05) is 146 Å². The van der Waals surface area contributed by atoms with Crippen LogP contribution >= 0.6 is 0 Å². The maximum atomic E-state index is 2.33. The van der Waals surface area contributed by atoms with Crippen LogP contribution in [0.25, 0.3) is 44.2 Å². The zero-order valence-electron chi connectivity index (χ0n) is 27.4. The Morgan fingerprint density at radius 2 is 0.633 bits per heavy atom. The molecule has 0 atom stereocenters. The van der Waals surface area contributed by atoms with Crippen molar-refractivity contribution in [3.05, 3.63) is 200 Å². The number of nitrogens with zero attached hydrogens (tertiary/aromatic N) is 2. The maximum absolute atomic E-state index is 2.33. The zero-order chi connectivity index (χ0) is 33.0. The fraction of sp³-hybridized carbons (Fsp3) is 0.0213. The Labute approximate surface area is 288 Å². The molecule has 0 aromatic heterocycles. The Morgan fingerprint density at radius 1 is 0.286 bits per heavy atom. The number of fused-ring (bicyclic) bond motifs is 1. The van der Waals surface area contributed by atoms with E-state index in [2.05, 4.69) is 217 Å². The van der Waals surface area contributed by atoms with E-state index >= 15 is 0 Å². The second kappa shape index (κ2) is 13.4. The second-order valence-corrected chi connectivity index (χ2v) is 12.3. The summed E-state index contributed by atoms with van der Waals surface area (Å²) in [5.41, 5.74) is 12.9. The van der Waals surface area contributed by atoms with Crippen molar-refractivity contribution in [1.29, 1.82) is 0 Å². The van der Waals surface area contributed by atoms with Gasteiger partial charge in [0.2, 0.25) is 0 Å². The monoisotopic (exact) mass is 628 g/mol. The summed E-state index contributed by atoms with van der Waals surface area (Å²) in [6, 6.07) is 71.6. The molecule has 49 heavy (non-hydrogen) atoms. The molecule has 0 heterocycles. The molecule has 0 aliphatic carbocycles. The normalized spacial score (nSPS) is 11.0. The predicted molar refractivity (Wildman–Crippen MR) is 209 cm³/mol. The van der Waals surface area contributed by atoms with Crippen LogP contribution in [0.3, 0.4) is 0 Å². The van der Waals surface area contributed by atoms with E-state index in [1.165, 1.54) is 49.8 Å². The molecule has 0 aliphatic rings. The van der Waals surface area contributed by atoms with E-state index in [1.54, 1.807) is 0 Å². The van der Waals surface area contributed by atoms with Crippen molar-refractivity contribution in [2.45, 2.75) is 0 Å². The van der Waals surface area contributed by atoms with Gasteiger partial charge in [-0.25, -0.2) is 0 Å². The number of benzene rings is 8. The van der Waals surface area contributed by atoms with Gasteiger partial charge in [-0.15, -0.1) is 0 Å². The van der Waals surface area contributed by atoms with Gasteiger partial charge in [0.05, 0.1) is 0 Å². The number of hydrogen-bond donors (Lipinski definition) is 0. The van der Waals surface area contributed by atoms with Crippen LogP contribution in [0.4, 0.5) is 28.4 Å². The molecule has 2 heteroatoms. The Balaban J connectivity index is 1.09. The van der Waals surface area contributed by atoms with Crippen molar-refractivity contribution < 1.29 is 0 Å². The molecular weight excluding hydrogens is 593 g/mol. The van der Waals surface area contributed by atoms with E-state index in [0.717, 1.165) is 22.7 Å². The fourth-order valence-electron chi connectivity index (χ4n) is 6.63. The molecule has 0 amide bonds. The van der Waals surface area contributed by atoms with Crippen molar-refractivity contribution in [1.82, 2.24) is 0 Å². The molecule has 0 spiro atoms. The molecule has 0 saturated heterocycles. The molecule has 8 rings (SSSR count). The van der Waals surface area contributed by atoms with E-state index < -0.39 is 0 Å². The van der Waals surface area contributed by atoms with E-state index in [9.17, 15) is 0 Å². The van der Waals surface area contributed by atoms with E-state index in [1.807, 2.05) is 0 Å². The molecule has 0 unspecified atom stereocenters. The summed E-state index contributed by atoms with van der Waals surface area (Å²) in [5, 5.41) is 2.50. The summed E-state index contributed by atoms with van der Waals surface area (Å²) in [5.74, 6) is 0. The quantitative estimate of drug-likeness (QED) is 0.165. The smallest absolute Gasteiger partial charge is 0.0487 e. The first-order valence-electron chi connectivity index (χ1n) is 16.7. The lowest BCUT2D eigenvalue weighted by Crippen LogP contribution is -2.10. The Morgan fingerprint density at radius 3 is 1.08 bits per heavy atom. The number of anilines is 5. The number of hydrogen-bond acceptors (Lipinski definition) is 2. The minimum Gasteiger partial charge on any atom is -0.344 e. The Bertz CT molecular complexity index is 2200. The minimum absolute atomic E-state index is 1.11. The van der Waals surface area contributed by atoms with Crippen molar-refractivity contribution >= 4 is 39.2 Å². The highest BCUT2D eigenvalue weighted by Crippen LogP contribution is 2.38. The van der Waals surface area contributed by atoms with Crippen molar-refractivity contribution in [2.75, 3.05) is 16.8 Å². The number of rotatable bonds is 8. The summed E-state index contributed by atoms with van der Waals surface area (Å²) in [6.07, 6.45) is 0. The summed E-state index contributed by atoms with van der Waals surface area (Å²) in [6.45, 7) is 0. The average Bonchev–Trinajstić information content (AvgIpc) is 3.19. The molecule has 8 aromatic rings. The lowest BCUT2D eigenvalue weighted by molar-refractivity contribution is 1.22. The molecule has 8 aromatic carbocycles. The van der Waals surface area contributed by atoms with Gasteiger partial charge in [-0.2, -0.15) is 0 Å². The van der Waals surface area contributed by atoms with Crippen LogP contribution in [0.2, 0.25) is 0 Å². The highest BCUT2D eigenvalue weighted by Gasteiger charge is 2.14. The zero-order valence-corrected chi connectivity index (χ0v) is 27.4. The first-order chi connectivity index (χ1) is 24.2. The molecule has 0 aliphatic heterocycles. The predicted octanol–water partition coefficient (Wildman–Crippen LogP) is 13.1. The molecule has 0 bridgehead atoms. The van der Waals surface area contributed by atoms with Gasteiger partial charge in [0.15, 0.2) is 0 Å². The van der Waals surface area contributed by atoms with Crippen molar-refractivity contribution in [3.8, 4) is 33.4 Å². The highest BCUT2D eigenvalue weighted by molar-refractivity contribution is 5.96. The molecule has 234 valence electrons. The van der Waals surface area contributed by atoms with E-state index in [4.69, 9.17) is 0 Å². The lowest BCUT2D eigenvalue weighted by atomic mass is 10.0. The standard InChI is InChI=1S/C47H36N2/c1-48(47-18-10-16-41-15-8-9-17-46(41)47)42-27-19-39(20-28-42)40-25-33-45(34-26-40)49(43-29-21-37(22-30-43)35-11-4-2-5-12-35)44-31-23-38(24-32-44)36-13-6-3-7-14-36/h2-34H,1H3. The third kappa shape index (κ3) is 6.20. The van der Waals surface area contributed by atoms with Crippen molar-refractivity contribution in [2.24, 2.45) is 0 Å². The van der Waals surface area contributed by atoms with Gasteiger partial charge in [-0.05, 0) is 93.4 Å². The molecule has 0 N–H and O–H groups in total. The van der Waals surface area contributed by atoms with Gasteiger partial charge >= 0.3 is 0 Å². The van der Waals surface area contributed by atoms with Crippen molar-refractivity contribution in [3.63, 3.8) is 0 Å². The SMILES string of the molecule is CN(c1ccc(-c2ccc(N(c3ccc(-c4ccccc4)cc3)c3ccc(-c4ccccc4)cc3)cc2)cc1)c1cccc2ccccc12. The topological polar surface area (TPSA) is 6.48 Å². The third-order valence-corrected chi connectivity index (χ3v) is 9.31. The van der Waals surface area contributed by atoms with Crippen LogP contribution < -0.4 is 9.80 Å². The van der Waals surface area contributed by atoms with Gasteiger partial charge in [0.1, 0.15) is 0 Å². The largest absolute Gasteiger partial charge is 0.344 e. The van der Waals surface area contributed by atoms with Gasteiger partial charge in [-0.3, -0.25) is 0 Å². The van der Waals surface area contributed by atoms with Crippen LogP contribution in [0.15, 0.2) is 200 Å². The van der Waals surface area contributed by atoms with Crippen LogP contribution in [-0.2, 0) is 0 Å². The molecule has 2 nitrogen and oxygen atoms in total. The van der Waals surface area contributed by atoms with Gasteiger partial charge in [0.25, 0.3) is 0 Å². The van der Waals surface area contributed by atoms with E-state index in [0.29, 0.717) is 0 Å². The Hall–Kier alpha value is -6.38.